The summed E-state index contributed by atoms with van der Waals surface area (Å²) in [5.41, 5.74) is 0.464. The number of nitrogens with one attached hydrogen (secondary N) is 1. The molecule has 0 spiro atoms. The van der Waals surface area contributed by atoms with Crippen molar-refractivity contribution in [1.29, 1.82) is 0 Å². The first-order valence-corrected chi connectivity index (χ1v) is 8.18. The summed E-state index contributed by atoms with van der Waals surface area (Å²) in [7, 11) is 4.26. The van der Waals surface area contributed by atoms with E-state index in [1.54, 1.807) is 18.2 Å². The summed E-state index contributed by atoms with van der Waals surface area (Å²) < 4.78 is 5.73. The van der Waals surface area contributed by atoms with Crippen LogP contribution in [0.2, 0.25) is 10.0 Å². The molecule has 116 valence electrons. The average molecular weight is 331 g/mol. The van der Waals surface area contributed by atoms with Crippen molar-refractivity contribution in [3.63, 3.8) is 0 Å². The number of carbonyl (C=O) groups excluding carboxylic acids is 1. The van der Waals surface area contributed by atoms with E-state index in [0.29, 0.717) is 21.5 Å². The van der Waals surface area contributed by atoms with Crippen LogP contribution in [-0.4, -0.2) is 32.7 Å². The molecule has 0 aromatic heterocycles. The lowest BCUT2D eigenvalue weighted by Crippen LogP contribution is -3.06. The van der Waals surface area contributed by atoms with Crippen LogP contribution < -0.4 is 4.90 Å². The summed E-state index contributed by atoms with van der Waals surface area (Å²) in [6.07, 6.45) is 4.43. The van der Waals surface area contributed by atoms with Crippen LogP contribution in [0.1, 0.15) is 36.0 Å². The molecule has 21 heavy (non-hydrogen) atoms. The second kappa shape index (κ2) is 7.48. The lowest BCUT2D eigenvalue weighted by molar-refractivity contribution is -0.862. The van der Waals surface area contributed by atoms with Gasteiger partial charge >= 0.3 is 5.97 Å². The molecule has 1 aromatic rings. The molecule has 0 amide bonds. The van der Waals surface area contributed by atoms with Gasteiger partial charge in [0, 0.05) is 5.92 Å². The number of benzene rings is 1. The van der Waals surface area contributed by atoms with Crippen LogP contribution in [0.25, 0.3) is 0 Å². The Morgan fingerprint density at radius 2 is 1.95 bits per heavy atom. The highest BCUT2D eigenvalue weighted by Gasteiger charge is 2.30. The average Bonchev–Trinajstić information content (AvgIpc) is 2.43. The van der Waals surface area contributed by atoms with E-state index in [4.69, 9.17) is 27.9 Å². The molecule has 0 radical (unpaired) electrons. The zero-order chi connectivity index (χ0) is 15.4. The van der Waals surface area contributed by atoms with Crippen molar-refractivity contribution >= 4 is 29.2 Å². The molecule has 1 saturated carbocycles. The zero-order valence-corrected chi connectivity index (χ0v) is 14.0. The second-order valence-corrected chi connectivity index (χ2v) is 6.84. The first kappa shape index (κ1) is 16.6. The molecule has 2 rings (SSSR count). The number of esters is 1. The lowest BCUT2D eigenvalue weighted by atomic mass is 9.86. The van der Waals surface area contributed by atoms with Gasteiger partial charge in [-0.2, -0.15) is 0 Å². The Bertz CT molecular complexity index is 505. The number of halogens is 2. The van der Waals surface area contributed by atoms with Gasteiger partial charge in [-0.25, -0.2) is 4.79 Å². The SMILES string of the molecule is C[NH+](C)C[C@H]1CCCC[C@H]1OC(=O)c1ccc(Cl)c(Cl)c1. The first-order chi connectivity index (χ1) is 9.97. The van der Waals surface area contributed by atoms with Gasteiger partial charge in [0.05, 0.1) is 36.2 Å². The van der Waals surface area contributed by atoms with Crippen LogP contribution in [0.15, 0.2) is 18.2 Å². The van der Waals surface area contributed by atoms with Crippen LogP contribution in [-0.2, 0) is 4.74 Å². The minimum atomic E-state index is -0.306. The second-order valence-electron chi connectivity index (χ2n) is 6.03. The standard InChI is InChI=1S/C16H21Cl2NO2/c1-19(2)10-12-5-3-4-6-15(12)21-16(20)11-7-8-13(17)14(18)9-11/h7-9,12,15H,3-6,10H2,1-2H3/p+1/t12-,15-/m1/s1. The smallest absolute Gasteiger partial charge is 0.338 e. The van der Waals surface area contributed by atoms with E-state index < -0.39 is 0 Å². The Balaban J connectivity index is 2.04. The van der Waals surface area contributed by atoms with Gasteiger partial charge in [-0.05, 0) is 37.5 Å². The third-order valence-corrected chi connectivity index (χ3v) is 4.66. The number of ether oxygens (including phenoxy) is 1. The Hall–Kier alpha value is -0.770. The van der Waals surface area contributed by atoms with Gasteiger partial charge in [-0.3, -0.25) is 0 Å². The van der Waals surface area contributed by atoms with Gasteiger partial charge in [0.1, 0.15) is 6.10 Å². The zero-order valence-electron chi connectivity index (χ0n) is 12.5. The van der Waals surface area contributed by atoms with E-state index in [1.165, 1.54) is 11.3 Å². The maximum atomic E-state index is 12.3. The van der Waals surface area contributed by atoms with E-state index in [9.17, 15) is 4.79 Å². The Morgan fingerprint density at radius 1 is 1.24 bits per heavy atom. The number of rotatable bonds is 4. The summed E-state index contributed by atoms with van der Waals surface area (Å²) in [6.45, 7) is 1.03. The summed E-state index contributed by atoms with van der Waals surface area (Å²) in [4.78, 5) is 13.7. The van der Waals surface area contributed by atoms with E-state index in [-0.39, 0.29) is 12.1 Å². The molecule has 3 nitrogen and oxygen atoms in total. The van der Waals surface area contributed by atoms with Crippen LogP contribution in [0.4, 0.5) is 0 Å². The van der Waals surface area contributed by atoms with E-state index in [1.807, 2.05) is 0 Å². The maximum Gasteiger partial charge on any atom is 0.338 e. The molecule has 1 aliphatic carbocycles. The molecule has 0 unspecified atom stereocenters. The van der Waals surface area contributed by atoms with Crippen molar-refractivity contribution in [3.05, 3.63) is 33.8 Å². The van der Waals surface area contributed by atoms with Gasteiger partial charge in [-0.1, -0.05) is 29.6 Å². The molecule has 0 bridgehead atoms. The fourth-order valence-corrected chi connectivity index (χ4v) is 3.21. The highest BCUT2D eigenvalue weighted by molar-refractivity contribution is 6.42. The van der Waals surface area contributed by atoms with Crippen LogP contribution >= 0.6 is 23.2 Å². The van der Waals surface area contributed by atoms with Crippen molar-refractivity contribution in [3.8, 4) is 0 Å². The lowest BCUT2D eigenvalue weighted by Gasteiger charge is -2.31. The van der Waals surface area contributed by atoms with Gasteiger partial charge < -0.3 is 9.64 Å². The Morgan fingerprint density at radius 3 is 2.62 bits per heavy atom. The quantitative estimate of drug-likeness (QED) is 0.860. The summed E-state index contributed by atoms with van der Waals surface area (Å²) in [5, 5.41) is 0.823. The molecule has 1 aliphatic rings. The normalized spacial score (nSPS) is 22.3. The van der Waals surface area contributed by atoms with Crippen LogP contribution in [0, 0.1) is 5.92 Å². The predicted molar refractivity (Wildman–Crippen MR) is 85.3 cm³/mol. The molecular weight excluding hydrogens is 309 g/mol. The highest BCUT2D eigenvalue weighted by Crippen LogP contribution is 2.28. The largest absolute Gasteiger partial charge is 0.458 e. The van der Waals surface area contributed by atoms with Crippen LogP contribution in [0.5, 0.6) is 0 Å². The third kappa shape index (κ3) is 4.60. The molecular formula is C16H22Cl2NO2+. The maximum absolute atomic E-state index is 12.3. The topological polar surface area (TPSA) is 30.7 Å². The molecule has 1 fully saturated rings. The molecule has 0 heterocycles. The monoisotopic (exact) mass is 330 g/mol. The predicted octanol–water partition coefficient (Wildman–Crippen LogP) is 2.85. The molecule has 1 aromatic carbocycles. The van der Waals surface area contributed by atoms with Gasteiger partial charge in [-0.15, -0.1) is 0 Å². The Labute approximate surface area is 136 Å². The van der Waals surface area contributed by atoms with Gasteiger partial charge in [0.2, 0.25) is 0 Å². The van der Waals surface area contributed by atoms with E-state index in [2.05, 4.69) is 14.1 Å². The fourth-order valence-electron chi connectivity index (χ4n) is 2.92. The molecule has 0 saturated heterocycles. The summed E-state index contributed by atoms with van der Waals surface area (Å²) in [5.74, 6) is 0.134. The molecule has 2 atom stereocenters. The summed E-state index contributed by atoms with van der Waals surface area (Å²) in [6, 6.07) is 4.86. The van der Waals surface area contributed by atoms with Gasteiger partial charge in [0.15, 0.2) is 0 Å². The number of quaternary nitrogens is 1. The van der Waals surface area contributed by atoms with Crippen molar-refractivity contribution in [2.24, 2.45) is 5.92 Å². The fraction of sp³-hybridized carbons (Fsp3) is 0.562. The number of hydrogen-bond acceptors (Lipinski definition) is 2. The van der Waals surface area contributed by atoms with Crippen molar-refractivity contribution in [2.45, 2.75) is 31.8 Å². The van der Waals surface area contributed by atoms with Gasteiger partial charge in [0.25, 0.3) is 0 Å². The van der Waals surface area contributed by atoms with E-state index >= 15 is 0 Å². The van der Waals surface area contributed by atoms with Crippen LogP contribution in [0.3, 0.4) is 0 Å². The van der Waals surface area contributed by atoms with Crippen molar-refractivity contribution in [2.75, 3.05) is 20.6 Å². The number of hydrogen-bond donors (Lipinski definition) is 1. The van der Waals surface area contributed by atoms with Crippen molar-refractivity contribution in [1.82, 2.24) is 0 Å². The summed E-state index contributed by atoms with van der Waals surface area (Å²) >= 11 is 11.8. The number of carbonyl (C=O) groups is 1. The minimum Gasteiger partial charge on any atom is -0.458 e. The van der Waals surface area contributed by atoms with E-state index in [0.717, 1.165) is 25.8 Å². The van der Waals surface area contributed by atoms with Crippen molar-refractivity contribution < 1.29 is 14.4 Å². The third-order valence-electron chi connectivity index (χ3n) is 3.92. The highest BCUT2D eigenvalue weighted by atomic mass is 35.5. The molecule has 0 aliphatic heterocycles. The molecule has 1 N–H and O–H groups in total. The first-order valence-electron chi connectivity index (χ1n) is 7.42. The Kier molecular flexibility index (Phi) is 5.91. The minimum absolute atomic E-state index is 0.00982. The molecule has 5 heteroatoms.